The quantitative estimate of drug-likeness (QED) is 0.164. The maximum Gasteiger partial charge on any atom is 0.329 e. The molecule has 46 heavy (non-hydrogen) atoms. The van der Waals surface area contributed by atoms with Crippen molar-refractivity contribution < 1.29 is 28.7 Å². The molecule has 8 rings (SSSR count). The predicted octanol–water partition coefficient (Wildman–Crippen LogP) is 6.41. The number of unbranched alkanes of at least 4 members (excludes halogenated alkanes) is 1. The second-order valence-corrected chi connectivity index (χ2v) is 12.1. The minimum Gasteiger partial charge on any atom is -0.457 e. The molecule has 4 aliphatic rings. The highest BCUT2D eigenvalue weighted by Gasteiger charge is 2.63. The number of nitrogens with one attached hydrogen (secondary N) is 1. The molecule has 3 amide bonds. The number of esters is 1. The van der Waals surface area contributed by atoms with Crippen LogP contribution in [-0.2, 0) is 23.9 Å². The van der Waals surface area contributed by atoms with Crippen molar-refractivity contribution in [3.63, 3.8) is 0 Å². The van der Waals surface area contributed by atoms with Gasteiger partial charge in [-0.15, -0.1) is 0 Å². The number of anilines is 1. The van der Waals surface area contributed by atoms with Crippen LogP contribution in [-0.4, -0.2) is 41.2 Å². The lowest BCUT2D eigenvalue weighted by molar-refractivity contribution is -0.160. The number of rotatable bonds is 10. The summed E-state index contributed by atoms with van der Waals surface area (Å²) in [4.78, 5) is 55.9. The molecule has 4 aromatic rings. The van der Waals surface area contributed by atoms with Crippen LogP contribution < -0.4 is 10.1 Å². The number of hydrogen-bond donors (Lipinski definition) is 1. The summed E-state index contributed by atoms with van der Waals surface area (Å²) in [6.07, 6.45) is 1.65. The number of nitrogens with zero attached hydrogens (tertiary/aromatic N) is 1. The van der Waals surface area contributed by atoms with E-state index in [0.29, 0.717) is 23.6 Å². The van der Waals surface area contributed by atoms with Crippen molar-refractivity contribution in [1.82, 2.24) is 4.90 Å². The lowest BCUT2D eigenvalue weighted by Crippen LogP contribution is -2.47. The highest BCUT2D eigenvalue weighted by atomic mass is 16.5. The minimum absolute atomic E-state index is 0.262. The van der Waals surface area contributed by atoms with E-state index in [-0.39, 0.29) is 30.1 Å². The predicted molar refractivity (Wildman–Crippen MR) is 171 cm³/mol. The van der Waals surface area contributed by atoms with Crippen LogP contribution in [0.3, 0.4) is 0 Å². The van der Waals surface area contributed by atoms with E-state index in [1.165, 1.54) is 0 Å². The fourth-order valence-corrected chi connectivity index (χ4v) is 7.42. The molecule has 8 heteroatoms. The van der Waals surface area contributed by atoms with Gasteiger partial charge in [0.15, 0.2) is 6.61 Å². The Morgan fingerprint density at radius 3 is 1.74 bits per heavy atom. The van der Waals surface area contributed by atoms with E-state index in [1.807, 2.05) is 85.8 Å². The van der Waals surface area contributed by atoms with E-state index in [0.717, 1.165) is 33.6 Å². The molecule has 232 valence electrons. The molecular formula is C38H34N2O6. The smallest absolute Gasteiger partial charge is 0.329 e. The molecule has 0 radical (unpaired) electrons. The molecule has 1 fully saturated rings. The number of amides is 3. The van der Waals surface area contributed by atoms with Gasteiger partial charge in [0.05, 0.1) is 11.8 Å². The van der Waals surface area contributed by atoms with E-state index < -0.39 is 36.4 Å². The highest BCUT2D eigenvalue weighted by molar-refractivity contribution is 6.10. The van der Waals surface area contributed by atoms with Gasteiger partial charge in [-0.2, -0.15) is 0 Å². The van der Waals surface area contributed by atoms with Gasteiger partial charge in [-0.1, -0.05) is 86.5 Å². The molecule has 8 nitrogen and oxygen atoms in total. The van der Waals surface area contributed by atoms with Crippen LogP contribution in [0.15, 0.2) is 103 Å². The molecule has 4 aromatic carbocycles. The van der Waals surface area contributed by atoms with Gasteiger partial charge in [0, 0.05) is 17.5 Å². The molecule has 3 atom stereocenters. The molecule has 3 aliphatic carbocycles. The zero-order valence-corrected chi connectivity index (χ0v) is 25.4. The fraction of sp³-hybridized carbons (Fsp3) is 0.263. The molecule has 1 aliphatic heterocycles. The maximum absolute atomic E-state index is 14.2. The zero-order chi connectivity index (χ0) is 31.8. The van der Waals surface area contributed by atoms with Crippen LogP contribution >= 0.6 is 0 Å². The molecular weight excluding hydrogens is 580 g/mol. The van der Waals surface area contributed by atoms with Gasteiger partial charge in [-0.05, 0) is 65.1 Å². The first kappa shape index (κ1) is 29.5. The molecule has 1 heterocycles. The van der Waals surface area contributed by atoms with Gasteiger partial charge in [-0.3, -0.25) is 19.3 Å². The van der Waals surface area contributed by atoms with Crippen molar-refractivity contribution in [3.8, 4) is 11.5 Å². The van der Waals surface area contributed by atoms with Gasteiger partial charge in [0.25, 0.3) is 5.91 Å². The van der Waals surface area contributed by atoms with E-state index in [1.54, 1.807) is 24.3 Å². The SMILES string of the molecule is CCCC[C@@H](C(=O)OCC(=O)Nc1ccc(Oc2ccccc2)cc1)N1C(=O)[C@@H]2C3c4ccccc4C(c4ccccc43)[C@@H]2C1=O. The summed E-state index contributed by atoms with van der Waals surface area (Å²) in [5, 5.41) is 2.72. The Morgan fingerprint density at radius 2 is 1.22 bits per heavy atom. The summed E-state index contributed by atoms with van der Waals surface area (Å²) in [6.45, 7) is 1.43. The molecule has 1 saturated heterocycles. The lowest BCUT2D eigenvalue weighted by atomic mass is 9.55. The number of carbonyl (C=O) groups excluding carboxylic acids is 4. The third kappa shape index (κ3) is 5.13. The Hall–Kier alpha value is -5.24. The fourth-order valence-electron chi connectivity index (χ4n) is 7.42. The Morgan fingerprint density at radius 1 is 0.717 bits per heavy atom. The third-order valence-corrected chi connectivity index (χ3v) is 9.36. The second-order valence-electron chi connectivity index (χ2n) is 12.1. The number of ether oxygens (including phenoxy) is 2. The lowest BCUT2D eigenvalue weighted by Gasteiger charge is -2.45. The first-order valence-electron chi connectivity index (χ1n) is 15.8. The van der Waals surface area contributed by atoms with Crippen LogP contribution in [0.2, 0.25) is 0 Å². The van der Waals surface area contributed by atoms with E-state index in [2.05, 4.69) is 5.32 Å². The molecule has 1 N–H and O–H groups in total. The van der Waals surface area contributed by atoms with Gasteiger partial charge in [-0.25, -0.2) is 4.79 Å². The zero-order valence-electron chi connectivity index (χ0n) is 25.4. The van der Waals surface area contributed by atoms with Gasteiger partial charge in [0.2, 0.25) is 11.8 Å². The topological polar surface area (TPSA) is 102 Å². The summed E-state index contributed by atoms with van der Waals surface area (Å²) in [5.74, 6) is -2.36. The van der Waals surface area contributed by atoms with Crippen LogP contribution in [0.4, 0.5) is 5.69 Å². The largest absolute Gasteiger partial charge is 0.457 e. The van der Waals surface area contributed by atoms with Gasteiger partial charge in [0.1, 0.15) is 17.5 Å². The number of carbonyl (C=O) groups is 4. The van der Waals surface area contributed by atoms with E-state index in [4.69, 9.17) is 9.47 Å². The van der Waals surface area contributed by atoms with Gasteiger partial charge >= 0.3 is 5.97 Å². The molecule has 0 saturated carbocycles. The minimum atomic E-state index is -1.10. The maximum atomic E-state index is 14.2. The van der Waals surface area contributed by atoms with E-state index >= 15 is 0 Å². The molecule has 2 bridgehead atoms. The third-order valence-electron chi connectivity index (χ3n) is 9.36. The standard InChI is InChI=1S/C38H34N2O6/c1-2-3-17-30(38(44)45-22-31(41)39-23-18-20-25(21-19-23)46-24-11-5-4-6-12-24)40-36(42)34-32-26-13-7-8-14-27(26)33(35(34)37(40)43)29-16-10-9-15-28(29)32/h4-16,18-21,30,32-35H,2-3,17,22H2,1H3,(H,39,41)/t30-,32?,33?,34-,35+/m0/s1. The molecule has 0 spiro atoms. The summed E-state index contributed by atoms with van der Waals surface area (Å²) in [5.41, 5.74) is 4.78. The molecule has 0 aromatic heterocycles. The number of hydrogen-bond acceptors (Lipinski definition) is 6. The van der Waals surface area contributed by atoms with Crippen LogP contribution in [0.5, 0.6) is 11.5 Å². The number of para-hydroxylation sites is 1. The highest BCUT2D eigenvalue weighted by Crippen LogP contribution is 2.61. The van der Waals surface area contributed by atoms with Crippen molar-refractivity contribution >= 4 is 29.4 Å². The average molecular weight is 615 g/mol. The van der Waals surface area contributed by atoms with Crippen molar-refractivity contribution in [2.75, 3.05) is 11.9 Å². The first-order valence-corrected chi connectivity index (χ1v) is 15.8. The van der Waals surface area contributed by atoms with Gasteiger partial charge < -0.3 is 14.8 Å². The summed E-state index contributed by atoms with van der Waals surface area (Å²) in [7, 11) is 0. The average Bonchev–Trinajstić information content (AvgIpc) is 3.35. The normalized spacial score (nSPS) is 21.2. The Kier molecular flexibility index (Phi) is 7.86. The number of imide groups is 1. The van der Waals surface area contributed by atoms with Crippen LogP contribution in [0, 0.1) is 11.8 Å². The van der Waals surface area contributed by atoms with Crippen molar-refractivity contribution in [3.05, 3.63) is 125 Å². The van der Waals surface area contributed by atoms with Crippen LogP contribution in [0.1, 0.15) is 60.3 Å². The second kappa shape index (κ2) is 12.3. The molecule has 0 unspecified atom stereocenters. The van der Waals surface area contributed by atoms with E-state index in [9.17, 15) is 19.2 Å². The Bertz CT molecular complexity index is 1690. The monoisotopic (exact) mass is 614 g/mol. The summed E-state index contributed by atoms with van der Waals surface area (Å²) in [6, 6.07) is 31.1. The number of likely N-dealkylation sites (tertiary alicyclic amines) is 1. The van der Waals surface area contributed by atoms with Crippen molar-refractivity contribution in [2.24, 2.45) is 11.8 Å². The summed E-state index contributed by atoms with van der Waals surface area (Å²) < 4.78 is 11.3. The van der Waals surface area contributed by atoms with Crippen molar-refractivity contribution in [1.29, 1.82) is 0 Å². The number of benzene rings is 4. The Balaban J connectivity index is 1.06. The van der Waals surface area contributed by atoms with Crippen molar-refractivity contribution in [2.45, 2.75) is 44.1 Å². The first-order chi connectivity index (χ1) is 22.5. The summed E-state index contributed by atoms with van der Waals surface area (Å²) >= 11 is 0. The van der Waals surface area contributed by atoms with Crippen LogP contribution in [0.25, 0.3) is 0 Å². The Labute approximate surface area is 267 Å².